The van der Waals surface area contributed by atoms with Gasteiger partial charge >= 0.3 is 18.0 Å². The van der Waals surface area contributed by atoms with Crippen LogP contribution in [0.1, 0.15) is 110 Å². The number of aliphatic hydroxyl groups excluding tert-OH is 1. The highest BCUT2D eigenvalue weighted by Crippen LogP contribution is 2.50. The molecule has 12 heteroatoms. The second kappa shape index (κ2) is 20.3. The van der Waals surface area contributed by atoms with Gasteiger partial charge < -0.3 is 34.1 Å². The highest BCUT2D eigenvalue weighted by Gasteiger charge is 2.54. The predicted molar refractivity (Wildman–Crippen MR) is 222 cm³/mol. The summed E-state index contributed by atoms with van der Waals surface area (Å²) >= 11 is 0. The van der Waals surface area contributed by atoms with Gasteiger partial charge in [0.2, 0.25) is 6.08 Å². The molecule has 4 atom stereocenters. The lowest BCUT2D eigenvalue weighted by molar-refractivity contribution is -0.152. The number of isocyanates is 1. The van der Waals surface area contributed by atoms with Gasteiger partial charge in [-0.15, -0.1) is 0 Å². The van der Waals surface area contributed by atoms with Gasteiger partial charge in [0.1, 0.15) is 11.1 Å². The molecule has 316 valence electrons. The fraction of sp³-hybridized carbons (Fsp3) is 0.565. The zero-order valence-corrected chi connectivity index (χ0v) is 36.0. The van der Waals surface area contributed by atoms with Crippen LogP contribution in [-0.2, 0) is 38.1 Å². The van der Waals surface area contributed by atoms with Crippen LogP contribution in [0.5, 0.6) is 0 Å². The average Bonchev–Trinajstić information content (AvgIpc) is 3.55. The molecule has 2 aromatic rings. The minimum atomic E-state index is -0.913. The molecule has 0 saturated heterocycles. The maximum Gasteiger partial charge on any atom is 0.412 e. The first-order valence-electron chi connectivity index (χ1n) is 20.4. The number of amides is 1. The summed E-state index contributed by atoms with van der Waals surface area (Å²) in [4.78, 5) is 50.3. The second-order valence-corrected chi connectivity index (χ2v) is 16.0. The number of carbonyl (C=O) groups excluding carboxylic acids is 4. The Labute approximate surface area is 343 Å². The number of alkyl carbamates (subject to hydrolysis) is 1. The zero-order valence-electron chi connectivity index (χ0n) is 36.0. The molecule has 2 aromatic carbocycles. The number of esters is 2. The molecule has 2 heterocycles. The lowest BCUT2D eigenvalue weighted by Crippen LogP contribution is -2.41. The quantitative estimate of drug-likeness (QED) is 0.109. The molecule has 6 rings (SSSR count). The van der Waals surface area contributed by atoms with Gasteiger partial charge in [-0.1, -0.05) is 24.3 Å². The number of rotatable bonds is 9. The van der Waals surface area contributed by atoms with E-state index in [1.807, 2.05) is 66.7 Å². The number of methoxy groups -OCH3 is 2. The third kappa shape index (κ3) is 10.3. The van der Waals surface area contributed by atoms with Crippen LogP contribution < -0.4 is 5.32 Å². The molecular weight excluding hydrogens is 741 g/mol. The van der Waals surface area contributed by atoms with E-state index in [1.54, 1.807) is 21.1 Å². The third-order valence-corrected chi connectivity index (χ3v) is 11.7. The number of carbonyl (C=O) groups is 3. The molecule has 2 N–H and O–H groups in total. The van der Waals surface area contributed by atoms with E-state index in [2.05, 4.69) is 16.4 Å². The fourth-order valence-corrected chi connectivity index (χ4v) is 8.66. The van der Waals surface area contributed by atoms with Crippen molar-refractivity contribution >= 4 is 35.3 Å². The number of benzene rings is 2. The Hall–Kier alpha value is -4.77. The van der Waals surface area contributed by atoms with E-state index >= 15 is 0 Å². The molecule has 1 amide bonds. The van der Waals surface area contributed by atoms with Crippen LogP contribution in [0.25, 0.3) is 11.1 Å². The van der Waals surface area contributed by atoms with Crippen molar-refractivity contribution in [1.82, 2.24) is 5.32 Å². The maximum atomic E-state index is 13.1. The van der Waals surface area contributed by atoms with Gasteiger partial charge in [-0.05, 0) is 163 Å². The molecule has 0 aromatic heterocycles. The van der Waals surface area contributed by atoms with Crippen LogP contribution >= 0.6 is 0 Å². The number of nitrogens with one attached hydrogen (secondary N) is 1. The second-order valence-electron chi connectivity index (χ2n) is 16.0. The molecular formula is C46H62N2O10. The van der Waals surface area contributed by atoms with Crippen molar-refractivity contribution in [3.63, 3.8) is 0 Å². The number of hydrogen-bond donors (Lipinski definition) is 2. The Morgan fingerprint density at radius 1 is 0.776 bits per heavy atom. The summed E-state index contributed by atoms with van der Waals surface area (Å²) < 4.78 is 28.1. The third-order valence-electron chi connectivity index (χ3n) is 11.7. The van der Waals surface area contributed by atoms with E-state index in [9.17, 15) is 19.5 Å². The Bertz CT molecular complexity index is 1960. The molecule has 2 aliphatic heterocycles. The number of nitrogens with zero attached hydrogens (tertiary/aromatic N) is 1. The maximum absolute atomic E-state index is 13.1. The fourth-order valence-electron chi connectivity index (χ4n) is 8.66. The number of aliphatic imine (C=N–C) groups is 1. The molecule has 12 nitrogen and oxygen atoms in total. The highest BCUT2D eigenvalue weighted by molar-refractivity contribution is 6.21. The van der Waals surface area contributed by atoms with Crippen molar-refractivity contribution in [3.8, 4) is 0 Å². The van der Waals surface area contributed by atoms with E-state index in [1.165, 1.54) is 11.6 Å². The Morgan fingerprint density at radius 2 is 1.24 bits per heavy atom. The number of aliphatic hydroxyl groups is 1. The van der Waals surface area contributed by atoms with Crippen molar-refractivity contribution in [2.75, 3.05) is 40.5 Å². The van der Waals surface area contributed by atoms with Crippen LogP contribution in [0.3, 0.4) is 0 Å². The molecule has 2 saturated carbocycles. The normalized spacial score (nSPS) is 23.7. The van der Waals surface area contributed by atoms with E-state index in [0.717, 1.165) is 64.6 Å². The minimum Gasteiger partial charge on any atom is -0.507 e. The first-order valence-corrected chi connectivity index (χ1v) is 20.4. The standard InChI is InChI=1S/C23H31NO5.C20H26O4.C3H5NO/c1-6-24-22(26)28-20-19(18-11-15(3)14(2)10-16(18)4)21(25)29-23(20)9-7-8-17(12-23)13-27-5;1-12-8-14(3)16(9-13(12)2)17-18(21)20(24-19(17)22)7-5-6-15(10-20)11-23-4;1-2-4-3-5/h10-11,17H,6-9,12-13H2,1-5H3,(H,24,26);8-9,15,21H,5-7,10-11H2,1-4H3;2H2,1H3. The number of hydrogen-bond acceptors (Lipinski definition) is 11. The number of aryl methyl sites for hydroxylation is 6. The van der Waals surface area contributed by atoms with Gasteiger partial charge in [-0.3, -0.25) is 0 Å². The van der Waals surface area contributed by atoms with E-state index in [0.29, 0.717) is 74.8 Å². The van der Waals surface area contributed by atoms with Gasteiger partial charge in [0, 0.05) is 40.5 Å². The van der Waals surface area contributed by atoms with E-state index < -0.39 is 29.2 Å². The van der Waals surface area contributed by atoms with Crippen molar-refractivity contribution in [2.24, 2.45) is 16.8 Å². The minimum absolute atomic E-state index is 0.111. The zero-order chi connectivity index (χ0) is 42.8. The summed E-state index contributed by atoms with van der Waals surface area (Å²) in [5.74, 6) is 0.180. The largest absolute Gasteiger partial charge is 0.507 e. The van der Waals surface area contributed by atoms with Gasteiger partial charge in [0.25, 0.3) is 0 Å². The van der Waals surface area contributed by atoms with Crippen LogP contribution in [0.15, 0.2) is 40.8 Å². The molecule has 4 aliphatic rings. The summed E-state index contributed by atoms with van der Waals surface area (Å²) in [5, 5.41) is 13.6. The Balaban J connectivity index is 0.000000233. The lowest BCUT2D eigenvalue weighted by Gasteiger charge is -2.37. The van der Waals surface area contributed by atoms with E-state index in [4.69, 9.17) is 28.5 Å². The lowest BCUT2D eigenvalue weighted by atomic mass is 9.76. The van der Waals surface area contributed by atoms with Crippen LogP contribution in [0, 0.1) is 53.4 Å². The van der Waals surface area contributed by atoms with Crippen molar-refractivity contribution < 1.29 is 48.0 Å². The molecule has 2 fully saturated rings. The van der Waals surface area contributed by atoms with Gasteiger partial charge in [0.15, 0.2) is 22.7 Å². The van der Waals surface area contributed by atoms with Crippen LogP contribution in [0.2, 0.25) is 0 Å². The monoisotopic (exact) mass is 802 g/mol. The molecule has 2 aliphatic carbocycles. The van der Waals surface area contributed by atoms with Crippen molar-refractivity contribution in [3.05, 3.63) is 80.3 Å². The Kier molecular flexibility index (Phi) is 16.1. The first-order chi connectivity index (χ1) is 27.6. The summed E-state index contributed by atoms with van der Waals surface area (Å²) in [6.07, 6.45) is 7.21. The SMILES string of the molecule is CCN=C=O.CCNC(=O)OC1=C(c2cc(C)c(C)cc2C)C(=O)OC12CCCC(COC)C2.COCC1CCCC2(C1)OC(=O)C(c1cc(C)c(C)cc1C)=C2O. The summed E-state index contributed by atoms with van der Waals surface area (Å²) in [6.45, 7) is 17.9. The molecule has 4 unspecified atom stereocenters. The van der Waals surface area contributed by atoms with Crippen molar-refractivity contribution in [2.45, 2.75) is 118 Å². The average molecular weight is 803 g/mol. The van der Waals surface area contributed by atoms with Gasteiger partial charge in [-0.2, -0.15) is 0 Å². The smallest absolute Gasteiger partial charge is 0.412 e. The van der Waals surface area contributed by atoms with E-state index in [-0.39, 0.29) is 11.7 Å². The summed E-state index contributed by atoms with van der Waals surface area (Å²) in [6, 6.07) is 8.06. The topological polar surface area (TPSA) is 159 Å². The highest BCUT2D eigenvalue weighted by atomic mass is 16.6. The molecule has 0 bridgehead atoms. The molecule has 58 heavy (non-hydrogen) atoms. The first kappa shape index (κ1) is 45.9. The Morgan fingerprint density at radius 3 is 1.72 bits per heavy atom. The van der Waals surface area contributed by atoms with Gasteiger partial charge in [0.05, 0.1) is 0 Å². The molecule has 2 spiro atoms. The van der Waals surface area contributed by atoms with Gasteiger partial charge in [-0.25, -0.2) is 24.2 Å². The van der Waals surface area contributed by atoms with Crippen LogP contribution in [0.4, 0.5) is 4.79 Å². The molecule has 0 radical (unpaired) electrons. The predicted octanol–water partition coefficient (Wildman–Crippen LogP) is 8.56. The van der Waals surface area contributed by atoms with Crippen molar-refractivity contribution in [1.29, 1.82) is 0 Å². The summed E-state index contributed by atoms with van der Waals surface area (Å²) in [5.41, 5.74) is 6.93. The number of ether oxygens (including phenoxy) is 5. The van der Waals surface area contributed by atoms with Crippen LogP contribution in [-0.4, -0.2) is 80.9 Å². The summed E-state index contributed by atoms with van der Waals surface area (Å²) in [7, 11) is 3.36.